The van der Waals surface area contributed by atoms with E-state index in [4.69, 9.17) is 10.5 Å². The fourth-order valence-corrected chi connectivity index (χ4v) is 2.71. The molecule has 0 bridgehead atoms. The molecule has 0 aliphatic carbocycles. The summed E-state index contributed by atoms with van der Waals surface area (Å²) in [5.41, 5.74) is 6.60. The summed E-state index contributed by atoms with van der Waals surface area (Å²) in [6, 6.07) is 12.8. The number of nitrogens with one attached hydrogen (secondary N) is 1. The molecule has 0 radical (unpaired) electrons. The fraction of sp³-hybridized carbons (Fsp3) is 0.143. The summed E-state index contributed by atoms with van der Waals surface area (Å²) in [5.74, 6) is 0.638. The van der Waals surface area contributed by atoms with Crippen molar-refractivity contribution in [2.24, 2.45) is 0 Å². The molecule has 0 aliphatic rings. The number of nitrogens with two attached hydrogens (primary N) is 1. The second-order valence-electron chi connectivity index (χ2n) is 4.13. The van der Waals surface area contributed by atoms with Crippen LogP contribution in [0.1, 0.15) is 6.92 Å². The summed E-state index contributed by atoms with van der Waals surface area (Å²) < 4.78 is 32.1. The lowest BCUT2D eigenvalue weighted by atomic mass is 10.3. The SMILES string of the molecule is CCOc1ccc(S(=O)(=O)Nc2ccc(N)cc2)cc1. The molecule has 2 aromatic rings. The lowest BCUT2D eigenvalue weighted by Gasteiger charge is -2.09. The van der Waals surface area contributed by atoms with E-state index in [0.717, 1.165) is 0 Å². The molecule has 0 aromatic heterocycles. The minimum atomic E-state index is -3.60. The molecule has 0 heterocycles. The van der Waals surface area contributed by atoms with Gasteiger partial charge in [-0.05, 0) is 55.5 Å². The van der Waals surface area contributed by atoms with Crippen LogP contribution < -0.4 is 15.2 Å². The highest BCUT2D eigenvalue weighted by Gasteiger charge is 2.13. The summed E-state index contributed by atoms with van der Waals surface area (Å²) in [7, 11) is -3.60. The predicted octanol–water partition coefficient (Wildman–Crippen LogP) is 2.47. The number of rotatable bonds is 5. The van der Waals surface area contributed by atoms with Gasteiger partial charge < -0.3 is 10.5 Å². The van der Waals surface area contributed by atoms with Crippen LogP contribution in [0, 0.1) is 0 Å². The number of hydrogen-bond donors (Lipinski definition) is 2. The van der Waals surface area contributed by atoms with Gasteiger partial charge in [0.05, 0.1) is 11.5 Å². The third-order valence-corrected chi connectivity index (χ3v) is 4.01. The fourth-order valence-electron chi connectivity index (χ4n) is 1.65. The third-order valence-electron chi connectivity index (χ3n) is 2.61. The Bertz CT molecular complexity index is 665. The van der Waals surface area contributed by atoms with Gasteiger partial charge in [-0.15, -0.1) is 0 Å². The van der Waals surface area contributed by atoms with Crippen molar-refractivity contribution in [1.82, 2.24) is 0 Å². The Hall–Kier alpha value is -2.21. The Morgan fingerprint density at radius 3 is 2.20 bits per heavy atom. The normalized spacial score (nSPS) is 11.1. The van der Waals surface area contributed by atoms with Crippen LogP contribution in [0.25, 0.3) is 0 Å². The van der Waals surface area contributed by atoms with E-state index in [-0.39, 0.29) is 4.90 Å². The van der Waals surface area contributed by atoms with Crippen molar-refractivity contribution < 1.29 is 13.2 Å². The average molecular weight is 292 g/mol. The van der Waals surface area contributed by atoms with Crippen LogP contribution in [0.4, 0.5) is 11.4 Å². The van der Waals surface area contributed by atoms with Gasteiger partial charge in [-0.1, -0.05) is 0 Å². The molecule has 0 aliphatic heterocycles. The summed E-state index contributed by atoms with van der Waals surface area (Å²) in [6.07, 6.45) is 0. The second kappa shape index (κ2) is 5.83. The molecule has 2 rings (SSSR count). The van der Waals surface area contributed by atoms with Crippen molar-refractivity contribution >= 4 is 21.4 Å². The molecule has 3 N–H and O–H groups in total. The molecule has 106 valence electrons. The van der Waals surface area contributed by atoms with Crippen LogP contribution in [0.15, 0.2) is 53.4 Å². The highest BCUT2D eigenvalue weighted by Crippen LogP contribution is 2.19. The first-order chi connectivity index (χ1) is 9.51. The lowest BCUT2D eigenvalue weighted by Crippen LogP contribution is -2.12. The number of sulfonamides is 1. The smallest absolute Gasteiger partial charge is 0.261 e. The van der Waals surface area contributed by atoms with Crippen LogP contribution in [-0.2, 0) is 10.0 Å². The maximum atomic E-state index is 12.2. The molecular weight excluding hydrogens is 276 g/mol. The van der Waals surface area contributed by atoms with E-state index in [1.54, 1.807) is 36.4 Å². The highest BCUT2D eigenvalue weighted by molar-refractivity contribution is 7.92. The van der Waals surface area contributed by atoms with Gasteiger partial charge in [0.15, 0.2) is 0 Å². The molecule has 0 unspecified atom stereocenters. The van der Waals surface area contributed by atoms with Crippen molar-refractivity contribution in [3.63, 3.8) is 0 Å². The molecule has 0 fully saturated rings. The van der Waals surface area contributed by atoms with Crippen molar-refractivity contribution in [2.45, 2.75) is 11.8 Å². The van der Waals surface area contributed by atoms with Crippen molar-refractivity contribution in [1.29, 1.82) is 0 Å². The maximum absolute atomic E-state index is 12.2. The maximum Gasteiger partial charge on any atom is 0.261 e. The summed E-state index contributed by atoms with van der Waals surface area (Å²) in [4.78, 5) is 0.178. The molecule has 0 amide bonds. The summed E-state index contributed by atoms with van der Waals surface area (Å²) >= 11 is 0. The van der Waals surface area contributed by atoms with Crippen LogP contribution in [0.3, 0.4) is 0 Å². The first-order valence-corrected chi connectivity index (χ1v) is 7.61. The Morgan fingerprint density at radius 2 is 1.65 bits per heavy atom. The average Bonchev–Trinajstić information content (AvgIpc) is 2.42. The van der Waals surface area contributed by atoms with Gasteiger partial charge in [-0.25, -0.2) is 8.42 Å². The third kappa shape index (κ3) is 3.42. The Morgan fingerprint density at radius 1 is 1.05 bits per heavy atom. The van der Waals surface area contributed by atoms with Crippen LogP contribution >= 0.6 is 0 Å². The zero-order chi connectivity index (χ0) is 14.6. The van der Waals surface area contributed by atoms with Crippen LogP contribution in [0.5, 0.6) is 5.75 Å². The van der Waals surface area contributed by atoms with Crippen molar-refractivity contribution in [3.05, 3.63) is 48.5 Å². The summed E-state index contributed by atoms with van der Waals surface area (Å²) in [6.45, 7) is 2.41. The number of hydrogen-bond acceptors (Lipinski definition) is 4. The van der Waals surface area contributed by atoms with Gasteiger partial charge in [0.1, 0.15) is 5.75 Å². The molecule has 0 saturated heterocycles. The molecule has 0 spiro atoms. The van der Waals surface area contributed by atoms with E-state index >= 15 is 0 Å². The first-order valence-electron chi connectivity index (χ1n) is 6.12. The highest BCUT2D eigenvalue weighted by atomic mass is 32.2. The topological polar surface area (TPSA) is 81.4 Å². The minimum absolute atomic E-state index is 0.178. The zero-order valence-corrected chi connectivity index (χ0v) is 11.9. The van der Waals surface area contributed by atoms with Crippen molar-refractivity contribution in [3.8, 4) is 5.75 Å². The number of benzene rings is 2. The monoisotopic (exact) mass is 292 g/mol. The van der Waals surface area contributed by atoms with Crippen LogP contribution in [0.2, 0.25) is 0 Å². The Kier molecular flexibility index (Phi) is 4.14. The number of ether oxygens (including phenoxy) is 1. The minimum Gasteiger partial charge on any atom is -0.494 e. The second-order valence-corrected chi connectivity index (χ2v) is 5.81. The molecule has 6 heteroatoms. The summed E-state index contributed by atoms with van der Waals surface area (Å²) in [5, 5.41) is 0. The van der Waals surface area contributed by atoms with Crippen molar-refractivity contribution in [2.75, 3.05) is 17.1 Å². The van der Waals surface area contributed by atoms with Gasteiger partial charge >= 0.3 is 0 Å². The van der Waals surface area contributed by atoms with Gasteiger partial charge in [0.2, 0.25) is 0 Å². The van der Waals surface area contributed by atoms with E-state index in [2.05, 4.69) is 4.72 Å². The largest absolute Gasteiger partial charge is 0.494 e. The van der Waals surface area contributed by atoms with Gasteiger partial charge in [0, 0.05) is 11.4 Å². The Labute approximate surface area is 118 Å². The lowest BCUT2D eigenvalue weighted by molar-refractivity contribution is 0.340. The molecule has 5 nitrogen and oxygen atoms in total. The van der Waals surface area contributed by atoms with Gasteiger partial charge in [-0.3, -0.25) is 4.72 Å². The van der Waals surface area contributed by atoms with E-state index in [0.29, 0.717) is 23.7 Å². The molecule has 0 saturated carbocycles. The molecule has 0 atom stereocenters. The predicted molar refractivity (Wildman–Crippen MR) is 79.3 cm³/mol. The quantitative estimate of drug-likeness (QED) is 0.829. The van der Waals surface area contributed by atoms with Gasteiger partial charge in [-0.2, -0.15) is 0 Å². The zero-order valence-electron chi connectivity index (χ0n) is 11.0. The molecular formula is C14H16N2O3S. The first kappa shape index (κ1) is 14.2. The van der Waals surface area contributed by atoms with E-state index in [1.807, 2.05) is 6.92 Å². The van der Waals surface area contributed by atoms with E-state index in [1.165, 1.54) is 12.1 Å². The van der Waals surface area contributed by atoms with Crippen LogP contribution in [-0.4, -0.2) is 15.0 Å². The molecule has 2 aromatic carbocycles. The van der Waals surface area contributed by atoms with E-state index < -0.39 is 10.0 Å². The number of anilines is 2. The van der Waals surface area contributed by atoms with Gasteiger partial charge in [0.25, 0.3) is 10.0 Å². The molecule has 20 heavy (non-hydrogen) atoms. The standard InChI is InChI=1S/C14H16N2O3S/c1-2-19-13-7-9-14(10-8-13)20(17,18)16-12-5-3-11(15)4-6-12/h3-10,16H,2,15H2,1H3. The number of nitrogen functional groups attached to an aromatic ring is 1. The van der Waals surface area contributed by atoms with E-state index in [9.17, 15) is 8.42 Å². The Balaban J connectivity index is 2.19.